The third-order valence-electron chi connectivity index (χ3n) is 6.90. The molecule has 174 valence electrons. The molecule has 7 nitrogen and oxygen atoms in total. The molecule has 2 fully saturated rings. The number of likely N-dealkylation sites (tertiary alicyclic amines) is 1. The first-order valence-electron chi connectivity index (χ1n) is 11.9. The van der Waals surface area contributed by atoms with Crippen LogP contribution in [0.25, 0.3) is 0 Å². The van der Waals surface area contributed by atoms with E-state index in [1.807, 2.05) is 23.1 Å². The molecule has 0 bridgehead atoms. The monoisotopic (exact) mass is 441 g/mol. The summed E-state index contributed by atoms with van der Waals surface area (Å²) >= 11 is 0. The van der Waals surface area contributed by atoms with Crippen LogP contribution in [0.2, 0.25) is 0 Å². The standard InChI is InChI=1S/C25H35N3O4/c1-30-18-14-25(24-26-23(32-27-24)21-11-16-31-17-12-21)13-6-15-28(19-25)22(29)10-5-9-20-7-3-2-4-8-20/h2-4,7-8,21H,5-6,9-19H2,1H3. The number of methoxy groups -OCH3 is 1. The number of hydrogen-bond donors (Lipinski definition) is 0. The third kappa shape index (κ3) is 5.56. The highest BCUT2D eigenvalue weighted by atomic mass is 16.5. The van der Waals surface area contributed by atoms with E-state index in [4.69, 9.17) is 19.0 Å². The largest absolute Gasteiger partial charge is 0.385 e. The molecule has 0 N–H and O–H groups in total. The highest BCUT2D eigenvalue weighted by molar-refractivity contribution is 5.76. The molecule has 1 aromatic carbocycles. The quantitative estimate of drug-likeness (QED) is 0.588. The summed E-state index contributed by atoms with van der Waals surface area (Å²) in [5.74, 6) is 1.93. The first-order valence-corrected chi connectivity index (χ1v) is 11.9. The summed E-state index contributed by atoms with van der Waals surface area (Å²) in [6.07, 6.45) is 6.84. The Morgan fingerprint density at radius 2 is 2.06 bits per heavy atom. The number of benzene rings is 1. The van der Waals surface area contributed by atoms with E-state index in [-0.39, 0.29) is 17.2 Å². The second-order valence-corrected chi connectivity index (χ2v) is 9.12. The van der Waals surface area contributed by atoms with E-state index in [0.29, 0.717) is 25.5 Å². The first kappa shape index (κ1) is 22.9. The fraction of sp³-hybridized carbons (Fsp3) is 0.640. The summed E-state index contributed by atoms with van der Waals surface area (Å²) in [5.41, 5.74) is 0.969. The van der Waals surface area contributed by atoms with Crippen molar-refractivity contribution in [1.82, 2.24) is 15.0 Å². The number of nitrogens with zero attached hydrogens (tertiary/aromatic N) is 3. The number of amides is 1. The van der Waals surface area contributed by atoms with Crippen LogP contribution in [0.15, 0.2) is 34.9 Å². The number of aromatic nitrogens is 2. The zero-order valence-corrected chi connectivity index (χ0v) is 19.1. The van der Waals surface area contributed by atoms with Gasteiger partial charge in [-0.1, -0.05) is 35.5 Å². The molecular weight excluding hydrogens is 406 g/mol. The first-order chi connectivity index (χ1) is 15.7. The number of ether oxygens (including phenoxy) is 2. The summed E-state index contributed by atoms with van der Waals surface area (Å²) in [7, 11) is 1.71. The van der Waals surface area contributed by atoms with E-state index in [1.165, 1.54) is 5.56 Å². The molecule has 2 aliphatic rings. The molecule has 1 unspecified atom stereocenters. The van der Waals surface area contributed by atoms with Gasteiger partial charge in [0.2, 0.25) is 11.8 Å². The molecule has 0 radical (unpaired) electrons. The average molecular weight is 442 g/mol. The van der Waals surface area contributed by atoms with Crippen LogP contribution in [0.4, 0.5) is 0 Å². The lowest BCUT2D eigenvalue weighted by atomic mass is 9.76. The zero-order valence-electron chi connectivity index (χ0n) is 19.1. The molecule has 3 heterocycles. The van der Waals surface area contributed by atoms with E-state index < -0.39 is 0 Å². The zero-order chi connectivity index (χ0) is 22.2. The third-order valence-corrected chi connectivity index (χ3v) is 6.90. The number of carbonyl (C=O) groups is 1. The Labute approximate surface area is 190 Å². The number of piperidine rings is 1. The molecule has 7 heteroatoms. The van der Waals surface area contributed by atoms with Gasteiger partial charge in [0.25, 0.3) is 0 Å². The van der Waals surface area contributed by atoms with Gasteiger partial charge in [-0.05, 0) is 50.5 Å². The van der Waals surface area contributed by atoms with Gasteiger partial charge >= 0.3 is 0 Å². The summed E-state index contributed by atoms with van der Waals surface area (Å²) in [4.78, 5) is 19.9. The van der Waals surface area contributed by atoms with Crippen LogP contribution >= 0.6 is 0 Å². The Morgan fingerprint density at radius 1 is 1.25 bits per heavy atom. The highest BCUT2D eigenvalue weighted by Gasteiger charge is 2.42. The van der Waals surface area contributed by atoms with E-state index >= 15 is 0 Å². The summed E-state index contributed by atoms with van der Waals surface area (Å²) in [6.45, 7) is 3.51. The van der Waals surface area contributed by atoms with Crippen molar-refractivity contribution in [3.05, 3.63) is 47.6 Å². The van der Waals surface area contributed by atoms with E-state index in [0.717, 1.165) is 70.5 Å². The van der Waals surface area contributed by atoms with Crippen LogP contribution in [-0.4, -0.2) is 61.0 Å². The van der Waals surface area contributed by atoms with Gasteiger partial charge in [0, 0.05) is 52.4 Å². The predicted octanol–water partition coefficient (Wildman–Crippen LogP) is 3.88. The van der Waals surface area contributed by atoms with Gasteiger partial charge in [0.05, 0.1) is 5.41 Å². The van der Waals surface area contributed by atoms with Crippen LogP contribution in [-0.2, 0) is 26.1 Å². The van der Waals surface area contributed by atoms with Crippen molar-refractivity contribution < 1.29 is 18.8 Å². The fourth-order valence-corrected chi connectivity index (χ4v) is 4.95. The van der Waals surface area contributed by atoms with Crippen molar-refractivity contribution in [3.8, 4) is 0 Å². The normalized spacial score (nSPS) is 22.2. The molecule has 0 aliphatic carbocycles. The van der Waals surface area contributed by atoms with Gasteiger partial charge in [-0.3, -0.25) is 4.79 Å². The molecule has 4 rings (SSSR count). The SMILES string of the molecule is COCCC1(c2noc(C3CCOCC3)n2)CCCN(C(=O)CCCc2ccccc2)C1. The summed E-state index contributed by atoms with van der Waals surface area (Å²) in [5, 5.41) is 4.42. The molecule has 2 saturated heterocycles. The lowest BCUT2D eigenvalue weighted by Crippen LogP contribution is -2.49. The minimum Gasteiger partial charge on any atom is -0.385 e. The minimum atomic E-state index is -0.309. The minimum absolute atomic E-state index is 0.218. The van der Waals surface area contributed by atoms with Gasteiger partial charge in [-0.15, -0.1) is 0 Å². The van der Waals surface area contributed by atoms with Crippen molar-refractivity contribution >= 4 is 5.91 Å². The predicted molar refractivity (Wildman–Crippen MR) is 120 cm³/mol. The molecule has 1 amide bonds. The molecule has 2 aromatic rings. The number of aryl methyl sites for hydroxylation is 1. The fourth-order valence-electron chi connectivity index (χ4n) is 4.95. The molecule has 0 spiro atoms. The van der Waals surface area contributed by atoms with Gasteiger partial charge in [-0.2, -0.15) is 4.98 Å². The van der Waals surface area contributed by atoms with Crippen LogP contribution in [0.5, 0.6) is 0 Å². The number of carbonyl (C=O) groups excluding carboxylic acids is 1. The average Bonchev–Trinajstić information content (AvgIpc) is 3.35. The highest BCUT2D eigenvalue weighted by Crippen LogP contribution is 2.37. The van der Waals surface area contributed by atoms with Crippen LogP contribution in [0.3, 0.4) is 0 Å². The van der Waals surface area contributed by atoms with E-state index in [9.17, 15) is 4.79 Å². The number of hydrogen-bond acceptors (Lipinski definition) is 6. The lowest BCUT2D eigenvalue weighted by molar-refractivity contribution is -0.133. The second-order valence-electron chi connectivity index (χ2n) is 9.12. The van der Waals surface area contributed by atoms with Gasteiger partial charge in [-0.25, -0.2) is 0 Å². The Balaban J connectivity index is 1.42. The van der Waals surface area contributed by atoms with Crippen LogP contribution in [0.1, 0.15) is 68.1 Å². The molecule has 32 heavy (non-hydrogen) atoms. The topological polar surface area (TPSA) is 77.7 Å². The maximum atomic E-state index is 13.1. The molecule has 2 aliphatic heterocycles. The molecule has 1 aromatic heterocycles. The van der Waals surface area contributed by atoms with Crippen molar-refractivity contribution in [3.63, 3.8) is 0 Å². The van der Waals surface area contributed by atoms with Crippen molar-refractivity contribution in [2.75, 3.05) is 40.0 Å². The van der Waals surface area contributed by atoms with Crippen LogP contribution < -0.4 is 0 Å². The van der Waals surface area contributed by atoms with E-state index in [1.54, 1.807) is 7.11 Å². The smallest absolute Gasteiger partial charge is 0.229 e. The summed E-state index contributed by atoms with van der Waals surface area (Å²) < 4.78 is 16.6. The van der Waals surface area contributed by atoms with E-state index in [2.05, 4.69) is 17.3 Å². The molecular formula is C25H35N3O4. The van der Waals surface area contributed by atoms with Gasteiger partial charge in [0.15, 0.2) is 5.82 Å². The summed E-state index contributed by atoms with van der Waals surface area (Å²) in [6, 6.07) is 10.4. The Morgan fingerprint density at radius 3 is 2.84 bits per heavy atom. The van der Waals surface area contributed by atoms with Gasteiger partial charge in [0.1, 0.15) is 0 Å². The maximum Gasteiger partial charge on any atom is 0.229 e. The number of rotatable bonds is 9. The van der Waals surface area contributed by atoms with Crippen molar-refractivity contribution in [2.24, 2.45) is 0 Å². The molecule has 1 atom stereocenters. The van der Waals surface area contributed by atoms with Gasteiger partial charge < -0.3 is 18.9 Å². The molecule has 0 saturated carbocycles. The lowest BCUT2D eigenvalue weighted by Gasteiger charge is -2.41. The Bertz CT molecular complexity index is 850. The van der Waals surface area contributed by atoms with Crippen LogP contribution in [0, 0.1) is 0 Å². The maximum absolute atomic E-state index is 13.1. The second kappa shape index (κ2) is 11.1. The van der Waals surface area contributed by atoms with Crippen molar-refractivity contribution in [2.45, 2.75) is 62.7 Å². The Kier molecular flexibility index (Phi) is 7.92. The van der Waals surface area contributed by atoms with Crippen molar-refractivity contribution in [1.29, 1.82) is 0 Å². The Hall–Kier alpha value is -2.25.